The molecular formula is C8H11N5O2. The van der Waals surface area contributed by atoms with Crippen LogP contribution < -0.4 is 16.4 Å². The summed E-state index contributed by atoms with van der Waals surface area (Å²) in [5, 5.41) is 2.53. The molecule has 80 valence electrons. The number of nitrogens with one attached hydrogen (secondary N) is 3. The van der Waals surface area contributed by atoms with E-state index in [0.29, 0.717) is 0 Å². The molecule has 1 aliphatic carbocycles. The third kappa shape index (κ3) is 2.59. The van der Waals surface area contributed by atoms with Crippen molar-refractivity contribution in [2.24, 2.45) is 11.1 Å². The maximum Gasteiger partial charge on any atom is 0.281 e. The van der Waals surface area contributed by atoms with Crippen LogP contribution in [0.4, 0.5) is 11.6 Å². The zero-order chi connectivity index (χ0) is 10.7. The van der Waals surface area contributed by atoms with Crippen molar-refractivity contribution < 1.29 is 0 Å². The van der Waals surface area contributed by atoms with E-state index in [0.717, 1.165) is 18.7 Å². The van der Waals surface area contributed by atoms with Gasteiger partial charge < -0.3 is 0 Å². The highest BCUT2D eigenvalue weighted by Gasteiger charge is 2.20. The van der Waals surface area contributed by atoms with E-state index in [2.05, 4.69) is 26.0 Å². The van der Waals surface area contributed by atoms with Crippen LogP contribution in [0.15, 0.2) is 16.2 Å². The van der Waals surface area contributed by atoms with Crippen molar-refractivity contribution in [1.82, 2.24) is 15.4 Å². The van der Waals surface area contributed by atoms with Gasteiger partial charge in [-0.25, -0.2) is 10.4 Å². The van der Waals surface area contributed by atoms with Crippen LogP contribution in [0, 0.1) is 10.8 Å². The molecule has 0 amide bonds. The monoisotopic (exact) mass is 209 g/mol. The lowest BCUT2D eigenvalue weighted by Crippen LogP contribution is -2.26. The fourth-order valence-electron chi connectivity index (χ4n) is 1.12. The molecular weight excluding hydrogens is 198 g/mol. The third-order valence-electron chi connectivity index (χ3n) is 2.17. The number of aromatic nitrogens is 2. The summed E-state index contributed by atoms with van der Waals surface area (Å²) in [6.07, 6.45) is 3.62. The quantitative estimate of drug-likeness (QED) is 0.484. The Morgan fingerprint density at radius 3 is 3.00 bits per heavy atom. The molecule has 1 aromatic heterocycles. The van der Waals surface area contributed by atoms with Gasteiger partial charge in [-0.15, -0.1) is 4.91 Å². The second-order valence-electron chi connectivity index (χ2n) is 3.49. The minimum atomic E-state index is -0.546. The van der Waals surface area contributed by atoms with Crippen molar-refractivity contribution in [1.29, 1.82) is 0 Å². The maximum atomic E-state index is 11.1. The highest BCUT2D eigenvalue weighted by atomic mass is 16.3. The van der Waals surface area contributed by atoms with Crippen molar-refractivity contribution in [2.45, 2.75) is 12.8 Å². The van der Waals surface area contributed by atoms with Gasteiger partial charge in [0.1, 0.15) is 0 Å². The first-order chi connectivity index (χ1) is 7.29. The second-order valence-corrected chi connectivity index (χ2v) is 3.49. The summed E-state index contributed by atoms with van der Waals surface area (Å²) in [4.78, 5) is 27.4. The van der Waals surface area contributed by atoms with Crippen LogP contribution in [0.2, 0.25) is 0 Å². The molecule has 0 bridgehead atoms. The number of nitroso groups, excluding NO2 is 1. The molecule has 7 nitrogen and oxygen atoms in total. The van der Waals surface area contributed by atoms with Crippen LogP contribution in [0.3, 0.4) is 0 Å². The number of hydrazine groups is 1. The molecule has 0 saturated heterocycles. The lowest BCUT2D eigenvalue weighted by molar-refractivity contribution is 0.701. The van der Waals surface area contributed by atoms with Crippen LogP contribution in [0.1, 0.15) is 12.8 Å². The fraction of sp³-hybridized carbons (Fsp3) is 0.500. The number of nitrogens with zero attached hydrogens (tertiary/aromatic N) is 2. The third-order valence-corrected chi connectivity index (χ3v) is 2.17. The van der Waals surface area contributed by atoms with Crippen LogP contribution in [0.5, 0.6) is 0 Å². The number of aromatic amines is 1. The van der Waals surface area contributed by atoms with E-state index in [1.54, 1.807) is 0 Å². The standard InChI is InChI=1S/C8H11N5O2/c14-7-6(13-15)4-9-8(11-7)12-10-3-5-1-2-5/h4-5,10H,1-3H2,(H2,9,11,12,14). The molecule has 1 aromatic rings. The average Bonchev–Trinajstić information content (AvgIpc) is 3.02. The van der Waals surface area contributed by atoms with Gasteiger partial charge in [0, 0.05) is 6.54 Å². The van der Waals surface area contributed by atoms with Crippen molar-refractivity contribution in [3.8, 4) is 0 Å². The molecule has 7 heteroatoms. The van der Waals surface area contributed by atoms with E-state index in [1.165, 1.54) is 12.8 Å². The minimum Gasteiger partial charge on any atom is -0.291 e. The van der Waals surface area contributed by atoms with Crippen molar-refractivity contribution in [3.63, 3.8) is 0 Å². The van der Waals surface area contributed by atoms with E-state index in [9.17, 15) is 9.70 Å². The summed E-state index contributed by atoms with van der Waals surface area (Å²) in [6, 6.07) is 0. The van der Waals surface area contributed by atoms with Crippen molar-refractivity contribution in [3.05, 3.63) is 21.5 Å². The van der Waals surface area contributed by atoms with Crippen LogP contribution >= 0.6 is 0 Å². The largest absolute Gasteiger partial charge is 0.291 e. The summed E-state index contributed by atoms with van der Waals surface area (Å²) >= 11 is 0. The van der Waals surface area contributed by atoms with E-state index in [-0.39, 0.29) is 11.6 Å². The molecule has 1 heterocycles. The van der Waals surface area contributed by atoms with Crippen molar-refractivity contribution >= 4 is 11.6 Å². The molecule has 0 aromatic carbocycles. The van der Waals surface area contributed by atoms with E-state index >= 15 is 0 Å². The zero-order valence-electron chi connectivity index (χ0n) is 7.99. The predicted molar refractivity (Wildman–Crippen MR) is 54.7 cm³/mol. The molecule has 0 atom stereocenters. The Morgan fingerprint density at radius 2 is 2.40 bits per heavy atom. The van der Waals surface area contributed by atoms with Crippen LogP contribution in [-0.2, 0) is 0 Å². The predicted octanol–water partition coefficient (Wildman–Crippen LogP) is 0.494. The number of anilines is 1. The first kappa shape index (κ1) is 9.78. The van der Waals surface area contributed by atoms with Crippen LogP contribution in [-0.4, -0.2) is 16.5 Å². The Bertz CT molecular complexity index is 412. The molecule has 0 spiro atoms. The van der Waals surface area contributed by atoms with Crippen molar-refractivity contribution in [2.75, 3.05) is 12.0 Å². The van der Waals surface area contributed by atoms with Crippen LogP contribution in [0.25, 0.3) is 0 Å². The number of hydrogen-bond donors (Lipinski definition) is 3. The van der Waals surface area contributed by atoms with Gasteiger partial charge in [-0.3, -0.25) is 15.2 Å². The molecule has 0 radical (unpaired) electrons. The maximum absolute atomic E-state index is 11.1. The Kier molecular flexibility index (Phi) is 2.72. The normalized spacial score (nSPS) is 14.9. The molecule has 3 N–H and O–H groups in total. The highest BCUT2D eigenvalue weighted by molar-refractivity contribution is 5.34. The fourth-order valence-corrected chi connectivity index (χ4v) is 1.12. The van der Waals surface area contributed by atoms with Gasteiger partial charge >= 0.3 is 0 Å². The second kappa shape index (κ2) is 4.18. The summed E-state index contributed by atoms with van der Waals surface area (Å²) in [5.41, 5.74) is 4.92. The van der Waals surface area contributed by atoms with Gasteiger partial charge in [0.2, 0.25) is 5.95 Å². The van der Waals surface area contributed by atoms with Gasteiger partial charge in [-0.1, -0.05) is 0 Å². The summed E-state index contributed by atoms with van der Waals surface area (Å²) < 4.78 is 0. The Hall–Kier alpha value is -1.76. The average molecular weight is 209 g/mol. The molecule has 1 saturated carbocycles. The molecule has 2 rings (SSSR count). The lowest BCUT2D eigenvalue weighted by atomic mass is 10.4. The number of H-pyrrole nitrogens is 1. The lowest BCUT2D eigenvalue weighted by Gasteiger charge is -2.05. The molecule has 0 aliphatic heterocycles. The molecule has 1 aliphatic rings. The topological polar surface area (TPSA) is 99.2 Å². The Morgan fingerprint density at radius 1 is 1.60 bits per heavy atom. The van der Waals surface area contributed by atoms with Gasteiger partial charge in [0.15, 0.2) is 5.69 Å². The Balaban J connectivity index is 1.92. The number of rotatable bonds is 5. The first-order valence-electron chi connectivity index (χ1n) is 4.71. The highest BCUT2D eigenvalue weighted by Crippen LogP contribution is 2.27. The van der Waals surface area contributed by atoms with Gasteiger partial charge in [0.25, 0.3) is 5.56 Å². The SMILES string of the molecule is O=Nc1cnc(NNCC2CC2)[nH]c1=O. The summed E-state index contributed by atoms with van der Waals surface area (Å²) in [5.74, 6) is 1.01. The van der Waals surface area contributed by atoms with Gasteiger partial charge in [-0.2, -0.15) is 0 Å². The molecule has 15 heavy (non-hydrogen) atoms. The van der Waals surface area contributed by atoms with E-state index in [1.807, 2.05) is 0 Å². The summed E-state index contributed by atoms with van der Waals surface area (Å²) in [7, 11) is 0. The van der Waals surface area contributed by atoms with Gasteiger partial charge in [0.05, 0.1) is 6.20 Å². The first-order valence-corrected chi connectivity index (χ1v) is 4.71. The van der Waals surface area contributed by atoms with E-state index in [4.69, 9.17) is 0 Å². The summed E-state index contributed by atoms with van der Waals surface area (Å²) in [6.45, 7) is 0.845. The smallest absolute Gasteiger partial charge is 0.281 e. The zero-order valence-corrected chi connectivity index (χ0v) is 7.99. The molecule has 1 fully saturated rings. The number of hydrogen-bond acceptors (Lipinski definition) is 6. The molecule has 0 unspecified atom stereocenters. The minimum absolute atomic E-state index is 0.220. The Labute approximate surface area is 85.3 Å². The van der Waals surface area contributed by atoms with Gasteiger partial charge in [-0.05, 0) is 23.9 Å². The van der Waals surface area contributed by atoms with E-state index < -0.39 is 5.56 Å².